The fourth-order valence-corrected chi connectivity index (χ4v) is 2.41. The average molecular weight is 218 g/mol. The number of benzene rings is 1. The number of carboxylic acid groups (broad SMARTS) is 1. The zero-order valence-electron chi connectivity index (χ0n) is 9.43. The Morgan fingerprint density at radius 3 is 2.56 bits per heavy atom. The predicted octanol–water partition coefficient (Wildman–Crippen LogP) is 3.12. The smallest absolute Gasteiger partial charge is 0.306 e. The van der Waals surface area contributed by atoms with Crippen molar-refractivity contribution in [1.82, 2.24) is 0 Å². The summed E-state index contributed by atoms with van der Waals surface area (Å²) in [6.45, 7) is 0. The third kappa shape index (κ3) is 2.84. The summed E-state index contributed by atoms with van der Waals surface area (Å²) in [6.07, 6.45) is 5.27. The first-order chi connectivity index (χ1) is 7.75. The van der Waals surface area contributed by atoms with Crippen LogP contribution in [0.3, 0.4) is 0 Å². The van der Waals surface area contributed by atoms with Crippen LogP contribution in [0, 0.1) is 11.8 Å². The lowest BCUT2D eigenvalue weighted by atomic mass is 9.72. The fraction of sp³-hybridized carbons (Fsp3) is 0.500. The molecule has 0 atom stereocenters. The summed E-state index contributed by atoms with van der Waals surface area (Å²) in [5, 5.41) is 8.75. The van der Waals surface area contributed by atoms with Crippen LogP contribution in [0.15, 0.2) is 30.3 Å². The second-order valence-electron chi connectivity index (χ2n) is 4.75. The van der Waals surface area contributed by atoms with Crippen LogP contribution in [0.1, 0.15) is 31.2 Å². The van der Waals surface area contributed by atoms with Crippen LogP contribution in [0.4, 0.5) is 0 Å². The van der Waals surface area contributed by atoms with Gasteiger partial charge in [0.25, 0.3) is 0 Å². The van der Waals surface area contributed by atoms with E-state index in [0.717, 1.165) is 19.3 Å². The first kappa shape index (κ1) is 11.2. The molecule has 1 aliphatic rings. The van der Waals surface area contributed by atoms with Gasteiger partial charge < -0.3 is 5.11 Å². The van der Waals surface area contributed by atoms with Gasteiger partial charge in [-0.1, -0.05) is 36.8 Å². The van der Waals surface area contributed by atoms with Crippen molar-refractivity contribution in [1.29, 1.82) is 0 Å². The van der Waals surface area contributed by atoms with Crippen LogP contribution in [0.5, 0.6) is 0 Å². The summed E-state index contributed by atoms with van der Waals surface area (Å²) in [5.74, 6) is -0.00848. The Kier molecular flexibility index (Phi) is 3.60. The molecule has 2 heteroatoms. The first-order valence-corrected chi connectivity index (χ1v) is 6.02. The Morgan fingerprint density at radius 1 is 1.25 bits per heavy atom. The molecule has 86 valence electrons. The third-order valence-electron chi connectivity index (χ3n) is 3.51. The Morgan fingerprint density at radius 2 is 1.94 bits per heavy atom. The lowest BCUT2D eigenvalue weighted by molar-refractivity contribution is -0.146. The number of carbonyl (C=O) groups is 1. The van der Waals surface area contributed by atoms with Gasteiger partial charge in [-0.15, -0.1) is 0 Å². The molecule has 2 rings (SSSR count). The van der Waals surface area contributed by atoms with E-state index in [1.807, 2.05) is 6.07 Å². The van der Waals surface area contributed by atoms with E-state index in [0.29, 0.717) is 5.92 Å². The van der Waals surface area contributed by atoms with E-state index in [9.17, 15) is 4.79 Å². The molecule has 0 spiro atoms. The van der Waals surface area contributed by atoms with Gasteiger partial charge in [0.05, 0.1) is 5.92 Å². The van der Waals surface area contributed by atoms with E-state index in [-0.39, 0.29) is 5.92 Å². The molecule has 2 nitrogen and oxygen atoms in total. The van der Waals surface area contributed by atoms with Gasteiger partial charge in [-0.25, -0.2) is 0 Å². The maximum Gasteiger partial charge on any atom is 0.306 e. The van der Waals surface area contributed by atoms with Crippen molar-refractivity contribution in [2.45, 2.75) is 32.1 Å². The normalized spacial score (nSPS) is 23.8. The van der Waals surface area contributed by atoms with Gasteiger partial charge in [-0.3, -0.25) is 4.79 Å². The van der Waals surface area contributed by atoms with E-state index in [2.05, 4.69) is 24.3 Å². The molecule has 0 radical (unpaired) electrons. The number of aliphatic carboxylic acids is 1. The van der Waals surface area contributed by atoms with E-state index in [1.54, 1.807) is 0 Å². The quantitative estimate of drug-likeness (QED) is 0.824. The first-order valence-electron chi connectivity index (χ1n) is 6.02. The van der Waals surface area contributed by atoms with Crippen molar-refractivity contribution in [3.05, 3.63) is 35.9 Å². The summed E-state index contributed by atoms with van der Waals surface area (Å²) in [5.41, 5.74) is 1.39. The number of aryl methyl sites for hydroxylation is 1. The van der Waals surface area contributed by atoms with Crippen LogP contribution >= 0.6 is 0 Å². The van der Waals surface area contributed by atoms with E-state index < -0.39 is 5.97 Å². The molecule has 1 aromatic rings. The minimum absolute atomic E-state index is 0.0540. The molecule has 1 aromatic carbocycles. The van der Waals surface area contributed by atoms with E-state index in [4.69, 9.17) is 5.11 Å². The van der Waals surface area contributed by atoms with E-state index in [1.165, 1.54) is 18.4 Å². The molecule has 0 saturated heterocycles. The van der Waals surface area contributed by atoms with Crippen molar-refractivity contribution < 1.29 is 9.90 Å². The van der Waals surface area contributed by atoms with Crippen LogP contribution in [-0.4, -0.2) is 11.1 Å². The summed E-state index contributed by atoms with van der Waals surface area (Å²) < 4.78 is 0. The Bertz CT molecular complexity index is 339. The molecule has 0 amide bonds. The van der Waals surface area contributed by atoms with Crippen LogP contribution in [-0.2, 0) is 11.2 Å². The molecule has 1 fully saturated rings. The maximum absolute atomic E-state index is 10.6. The third-order valence-corrected chi connectivity index (χ3v) is 3.51. The Labute approximate surface area is 96.3 Å². The van der Waals surface area contributed by atoms with Crippen molar-refractivity contribution in [2.75, 3.05) is 0 Å². The molecule has 0 heterocycles. The van der Waals surface area contributed by atoms with Gasteiger partial charge in [0.2, 0.25) is 0 Å². The molecule has 16 heavy (non-hydrogen) atoms. The van der Waals surface area contributed by atoms with E-state index >= 15 is 0 Å². The fourth-order valence-electron chi connectivity index (χ4n) is 2.41. The molecule has 1 aliphatic carbocycles. The molecule has 1 saturated carbocycles. The van der Waals surface area contributed by atoms with Gasteiger partial charge in [0.1, 0.15) is 0 Å². The monoisotopic (exact) mass is 218 g/mol. The number of carboxylic acids is 1. The minimum Gasteiger partial charge on any atom is -0.481 e. The second-order valence-corrected chi connectivity index (χ2v) is 4.75. The molecule has 0 bridgehead atoms. The van der Waals surface area contributed by atoms with Crippen LogP contribution < -0.4 is 0 Å². The zero-order chi connectivity index (χ0) is 11.4. The Balaban J connectivity index is 1.62. The SMILES string of the molecule is O=C(O)C1CC(CCCc2ccccc2)C1. The molecule has 1 N–H and O–H groups in total. The highest BCUT2D eigenvalue weighted by Crippen LogP contribution is 2.37. The summed E-state index contributed by atoms with van der Waals surface area (Å²) in [4.78, 5) is 10.6. The highest BCUT2D eigenvalue weighted by Gasteiger charge is 2.33. The second kappa shape index (κ2) is 5.15. The summed E-state index contributed by atoms with van der Waals surface area (Å²) in [7, 11) is 0. The van der Waals surface area contributed by atoms with Crippen molar-refractivity contribution in [3.63, 3.8) is 0 Å². The van der Waals surface area contributed by atoms with Gasteiger partial charge in [-0.2, -0.15) is 0 Å². The topological polar surface area (TPSA) is 37.3 Å². The standard InChI is InChI=1S/C14H18O2/c15-14(16)13-9-12(10-13)8-4-7-11-5-2-1-3-6-11/h1-3,5-6,12-13H,4,7-10H2,(H,15,16). The minimum atomic E-state index is -0.612. The van der Waals surface area contributed by atoms with Crippen molar-refractivity contribution in [3.8, 4) is 0 Å². The van der Waals surface area contributed by atoms with Crippen molar-refractivity contribution >= 4 is 5.97 Å². The highest BCUT2D eigenvalue weighted by molar-refractivity contribution is 5.71. The van der Waals surface area contributed by atoms with Gasteiger partial charge in [0.15, 0.2) is 0 Å². The summed E-state index contributed by atoms with van der Waals surface area (Å²) in [6, 6.07) is 10.5. The lowest BCUT2D eigenvalue weighted by Gasteiger charge is -2.32. The summed E-state index contributed by atoms with van der Waals surface area (Å²) >= 11 is 0. The van der Waals surface area contributed by atoms with Crippen LogP contribution in [0.2, 0.25) is 0 Å². The molecule has 0 unspecified atom stereocenters. The number of rotatable bonds is 5. The lowest BCUT2D eigenvalue weighted by Crippen LogP contribution is -2.30. The van der Waals surface area contributed by atoms with Crippen molar-refractivity contribution in [2.24, 2.45) is 11.8 Å². The maximum atomic E-state index is 10.6. The Hall–Kier alpha value is -1.31. The molecule has 0 aliphatic heterocycles. The van der Waals surface area contributed by atoms with Gasteiger partial charge >= 0.3 is 5.97 Å². The number of hydrogen-bond acceptors (Lipinski definition) is 1. The van der Waals surface area contributed by atoms with Crippen LogP contribution in [0.25, 0.3) is 0 Å². The number of hydrogen-bond donors (Lipinski definition) is 1. The molecular formula is C14H18O2. The average Bonchev–Trinajstić information content (AvgIpc) is 2.22. The zero-order valence-corrected chi connectivity index (χ0v) is 9.43. The highest BCUT2D eigenvalue weighted by atomic mass is 16.4. The molecular weight excluding hydrogens is 200 g/mol. The van der Waals surface area contributed by atoms with Gasteiger partial charge in [0, 0.05) is 0 Å². The molecule has 0 aromatic heterocycles. The predicted molar refractivity (Wildman–Crippen MR) is 63.2 cm³/mol. The van der Waals surface area contributed by atoms with Gasteiger partial charge in [-0.05, 0) is 37.2 Å². The largest absolute Gasteiger partial charge is 0.481 e.